The second kappa shape index (κ2) is 4.65. The highest BCUT2D eigenvalue weighted by Crippen LogP contribution is 2.29. The van der Waals surface area contributed by atoms with Crippen LogP contribution in [0.1, 0.15) is 25.1 Å². The molecule has 0 aliphatic carbocycles. The Morgan fingerprint density at radius 3 is 3.00 bits per heavy atom. The van der Waals surface area contributed by atoms with Crippen molar-refractivity contribution in [3.05, 3.63) is 24.3 Å². The molecule has 2 rings (SSSR count). The summed E-state index contributed by atoms with van der Waals surface area (Å²) >= 11 is 0. The van der Waals surface area contributed by atoms with Crippen LogP contribution in [-0.4, -0.2) is 22.7 Å². The van der Waals surface area contributed by atoms with Gasteiger partial charge in [0.25, 0.3) is 0 Å². The lowest BCUT2D eigenvalue weighted by atomic mass is 9.96. The molecule has 0 aromatic carbocycles. The number of nitrogens with zero attached hydrogens (tertiary/aromatic N) is 2. The predicted molar refractivity (Wildman–Crippen MR) is 55.6 cm³/mol. The summed E-state index contributed by atoms with van der Waals surface area (Å²) in [6, 6.07) is -0.0730. The summed E-state index contributed by atoms with van der Waals surface area (Å²) in [6.07, 6.45) is 6.20. The normalized spacial score (nSPS) is 27.9. The van der Waals surface area contributed by atoms with Crippen LogP contribution in [0.25, 0.3) is 0 Å². The van der Waals surface area contributed by atoms with Gasteiger partial charge in [-0.1, -0.05) is 6.92 Å². The van der Waals surface area contributed by atoms with E-state index in [0.717, 1.165) is 18.7 Å². The summed E-state index contributed by atoms with van der Waals surface area (Å²) < 4.78 is 5.66. The first-order chi connectivity index (χ1) is 7.33. The second-order valence-electron chi connectivity index (χ2n) is 3.88. The van der Waals surface area contributed by atoms with Gasteiger partial charge in [0, 0.05) is 19.0 Å². The van der Waals surface area contributed by atoms with Crippen LogP contribution >= 0.6 is 0 Å². The molecule has 3 atom stereocenters. The van der Waals surface area contributed by atoms with E-state index in [-0.39, 0.29) is 12.1 Å². The van der Waals surface area contributed by atoms with Gasteiger partial charge < -0.3 is 4.74 Å². The lowest BCUT2D eigenvalue weighted by Gasteiger charge is -2.24. The average molecular weight is 208 g/mol. The van der Waals surface area contributed by atoms with Crippen molar-refractivity contribution in [2.75, 3.05) is 6.61 Å². The van der Waals surface area contributed by atoms with Crippen LogP contribution in [0.3, 0.4) is 0 Å². The van der Waals surface area contributed by atoms with Crippen LogP contribution in [-0.2, 0) is 4.74 Å². The summed E-state index contributed by atoms with van der Waals surface area (Å²) in [4.78, 5) is 8.28. The van der Waals surface area contributed by atoms with Crippen LogP contribution in [0.15, 0.2) is 18.6 Å². The number of hydrazine groups is 1. The van der Waals surface area contributed by atoms with Gasteiger partial charge in [0.1, 0.15) is 0 Å². The number of rotatable bonds is 3. The van der Waals surface area contributed by atoms with Crippen LogP contribution < -0.4 is 11.3 Å². The Hall–Kier alpha value is -1.04. The van der Waals surface area contributed by atoms with Crippen molar-refractivity contribution < 1.29 is 4.74 Å². The Morgan fingerprint density at radius 1 is 1.60 bits per heavy atom. The molecule has 3 N–H and O–H groups in total. The molecule has 15 heavy (non-hydrogen) atoms. The number of hydrogen-bond acceptors (Lipinski definition) is 5. The minimum atomic E-state index is -0.0730. The molecule has 1 saturated heterocycles. The van der Waals surface area contributed by atoms with E-state index in [9.17, 15) is 0 Å². The summed E-state index contributed by atoms with van der Waals surface area (Å²) in [7, 11) is 0. The van der Waals surface area contributed by atoms with Crippen molar-refractivity contribution in [3.8, 4) is 0 Å². The van der Waals surface area contributed by atoms with E-state index in [1.807, 2.05) is 0 Å². The fraction of sp³-hybridized carbons (Fsp3) is 0.600. The molecule has 1 aromatic rings. The zero-order chi connectivity index (χ0) is 10.7. The highest BCUT2D eigenvalue weighted by molar-refractivity contribution is 5.06. The van der Waals surface area contributed by atoms with Gasteiger partial charge in [0.2, 0.25) is 0 Å². The van der Waals surface area contributed by atoms with E-state index >= 15 is 0 Å². The molecule has 0 bridgehead atoms. The Kier molecular flexibility index (Phi) is 3.25. The molecule has 1 aliphatic rings. The fourth-order valence-electron chi connectivity index (χ4n) is 1.96. The highest BCUT2D eigenvalue weighted by Gasteiger charge is 2.33. The van der Waals surface area contributed by atoms with Crippen molar-refractivity contribution in [2.24, 2.45) is 11.8 Å². The zero-order valence-electron chi connectivity index (χ0n) is 8.76. The van der Waals surface area contributed by atoms with E-state index < -0.39 is 0 Å². The number of ether oxygens (including phenoxy) is 1. The minimum absolute atomic E-state index is 0.0730. The van der Waals surface area contributed by atoms with E-state index in [1.54, 1.807) is 18.6 Å². The maximum atomic E-state index is 5.66. The largest absolute Gasteiger partial charge is 0.376 e. The molecule has 1 fully saturated rings. The Morgan fingerprint density at radius 2 is 2.47 bits per heavy atom. The quantitative estimate of drug-likeness (QED) is 0.556. The van der Waals surface area contributed by atoms with Gasteiger partial charge in [-0.05, 0) is 12.3 Å². The molecule has 0 radical (unpaired) electrons. The van der Waals surface area contributed by atoms with Crippen molar-refractivity contribution in [3.63, 3.8) is 0 Å². The summed E-state index contributed by atoms with van der Waals surface area (Å²) in [5.41, 5.74) is 3.60. The average Bonchev–Trinajstić information content (AvgIpc) is 2.68. The molecule has 2 heterocycles. The molecule has 0 spiro atoms. The third kappa shape index (κ3) is 2.14. The maximum absolute atomic E-state index is 5.66. The summed E-state index contributed by atoms with van der Waals surface area (Å²) in [6.45, 7) is 2.96. The minimum Gasteiger partial charge on any atom is -0.376 e. The standard InChI is InChI=1S/C10H16N4O/c1-7-2-5-15-10(7)9(14-11)8-6-12-3-4-13-8/h3-4,6-7,9-10,14H,2,5,11H2,1H3. The zero-order valence-corrected chi connectivity index (χ0v) is 8.76. The molecule has 1 aliphatic heterocycles. The molecule has 82 valence electrons. The SMILES string of the molecule is CC1CCOC1C(NN)c1cnccn1. The topological polar surface area (TPSA) is 73.1 Å². The fourth-order valence-corrected chi connectivity index (χ4v) is 1.96. The van der Waals surface area contributed by atoms with Crippen molar-refractivity contribution in [2.45, 2.75) is 25.5 Å². The molecule has 1 aromatic heterocycles. The lowest BCUT2D eigenvalue weighted by Crippen LogP contribution is -2.39. The first-order valence-electron chi connectivity index (χ1n) is 5.16. The van der Waals surface area contributed by atoms with Crippen molar-refractivity contribution >= 4 is 0 Å². The highest BCUT2D eigenvalue weighted by atomic mass is 16.5. The molecule has 5 nitrogen and oxygen atoms in total. The Labute approximate surface area is 89.0 Å². The predicted octanol–water partition coefficient (Wildman–Crippen LogP) is 0.406. The van der Waals surface area contributed by atoms with E-state index in [4.69, 9.17) is 10.6 Å². The summed E-state index contributed by atoms with van der Waals surface area (Å²) in [5, 5.41) is 0. The third-order valence-electron chi connectivity index (χ3n) is 2.85. The van der Waals surface area contributed by atoms with E-state index in [1.165, 1.54) is 0 Å². The van der Waals surface area contributed by atoms with E-state index in [2.05, 4.69) is 22.3 Å². The number of aromatic nitrogens is 2. The van der Waals surface area contributed by atoms with Crippen LogP contribution in [0, 0.1) is 5.92 Å². The van der Waals surface area contributed by atoms with Crippen molar-refractivity contribution in [1.29, 1.82) is 0 Å². The first-order valence-corrected chi connectivity index (χ1v) is 5.16. The third-order valence-corrected chi connectivity index (χ3v) is 2.85. The molecule has 3 unspecified atom stereocenters. The lowest BCUT2D eigenvalue weighted by molar-refractivity contribution is 0.0593. The van der Waals surface area contributed by atoms with Crippen LogP contribution in [0.2, 0.25) is 0 Å². The number of nitrogens with one attached hydrogen (secondary N) is 1. The van der Waals surface area contributed by atoms with Crippen LogP contribution in [0.5, 0.6) is 0 Å². The molecular formula is C10H16N4O. The number of hydrogen-bond donors (Lipinski definition) is 2. The maximum Gasteiger partial charge on any atom is 0.0911 e. The monoisotopic (exact) mass is 208 g/mol. The van der Waals surface area contributed by atoms with Gasteiger partial charge in [0.15, 0.2) is 0 Å². The van der Waals surface area contributed by atoms with Gasteiger partial charge in [-0.25, -0.2) is 5.43 Å². The molecule has 5 heteroatoms. The molecule has 0 amide bonds. The first kappa shape index (κ1) is 10.5. The smallest absolute Gasteiger partial charge is 0.0911 e. The van der Waals surface area contributed by atoms with Gasteiger partial charge in [-0.3, -0.25) is 15.8 Å². The van der Waals surface area contributed by atoms with Crippen LogP contribution in [0.4, 0.5) is 0 Å². The Balaban J connectivity index is 2.17. The van der Waals surface area contributed by atoms with E-state index in [0.29, 0.717) is 5.92 Å². The second-order valence-corrected chi connectivity index (χ2v) is 3.88. The van der Waals surface area contributed by atoms with Gasteiger partial charge in [-0.15, -0.1) is 0 Å². The van der Waals surface area contributed by atoms with Gasteiger partial charge >= 0.3 is 0 Å². The van der Waals surface area contributed by atoms with Gasteiger partial charge in [-0.2, -0.15) is 0 Å². The van der Waals surface area contributed by atoms with Gasteiger partial charge in [0.05, 0.1) is 24.0 Å². The Bertz CT molecular complexity index is 306. The summed E-state index contributed by atoms with van der Waals surface area (Å²) in [5.74, 6) is 6.04. The van der Waals surface area contributed by atoms with Crippen molar-refractivity contribution in [1.82, 2.24) is 15.4 Å². The molecular weight excluding hydrogens is 192 g/mol. The number of nitrogens with two attached hydrogens (primary N) is 1. The molecule has 0 saturated carbocycles.